The zero-order valence-corrected chi connectivity index (χ0v) is 37.6. The maximum absolute atomic E-state index is 14.5. The first-order chi connectivity index (χ1) is 29.3. The minimum absolute atomic E-state index is 0.0111. The lowest BCUT2D eigenvalue weighted by Gasteiger charge is -2.81. The van der Waals surface area contributed by atoms with Gasteiger partial charge in [-0.2, -0.15) is 0 Å². The highest BCUT2D eigenvalue weighted by Gasteiger charge is 2.82. The summed E-state index contributed by atoms with van der Waals surface area (Å²) >= 11 is 0. The van der Waals surface area contributed by atoms with Crippen LogP contribution in [0.1, 0.15) is 111 Å². The molecule has 9 rings (SSSR count). The third-order valence-corrected chi connectivity index (χ3v) is 20.6. The second kappa shape index (κ2) is 15.2. The highest BCUT2D eigenvalue weighted by atomic mass is 16.7. The normalized spacial score (nSPS) is 52.4. The third-order valence-electron chi connectivity index (χ3n) is 20.6. The second-order valence-corrected chi connectivity index (χ2v) is 23.0. The molecule has 0 aromatic rings. The molecule has 6 saturated carbocycles. The number of aldehydes is 1. The number of hydrogen-bond donors (Lipinski definition) is 7. The molecule has 9 aliphatic rings. The predicted octanol–water partition coefficient (Wildman–Crippen LogP) is 4.73. The van der Waals surface area contributed by atoms with Crippen molar-refractivity contribution in [3.05, 3.63) is 23.8 Å². The molecular weight excluding hydrogens is 795 g/mol. The number of carboxylic acids is 2. The van der Waals surface area contributed by atoms with Crippen LogP contribution in [0.25, 0.3) is 0 Å². The number of carbonyl (C=O) groups excluding carboxylic acids is 1. The predicted molar refractivity (Wildman–Crippen MR) is 226 cm³/mol. The van der Waals surface area contributed by atoms with E-state index in [0.717, 1.165) is 64.1 Å². The molecule has 0 amide bonds. The molecule has 7 N–H and O–H groups in total. The molecule has 1 heterocycles. The third kappa shape index (κ3) is 5.57. The van der Waals surface area contributed by atoms with Gasteiger partial charge in [-0.05, 0) is 135 Å². The molecular formula is C49H73NO12. The molecule has 1 saturated heterocycles. The van der Waals surface area contributed by atoms with Gasteiger partial charge in [-0.3, -0.25) is 4.79 Å². The summed E-state index contributed by atoms with van der Waals surface area (Å²) in [4.78, 5) is 39.4. The van der Waals surface area contributed by atoms with Crippen molar-refractivity contribution < 1.29 is 59.2 Å². The van der Waals surface area contributed by atoms with E-state index in [0.29, 0.717) is 32.3 Å². The number of likely N-dealkylation sites (N-methyl/N-ethyl adjacent to an activating group) is 1. The number of methoxy groups -OCH3 is 1. The van der Waals surface area contributed by atoms with Crippen molar-refractivity contribution in [2.75, 3.05) is 27.4 Å². The Kier molecular flexibility index (Phi) is 11.0. The van der Waals surface area contributed by atoms with E-state index in [1.54, 1.807) is 7.11 Å². The maximum atomic E-state index is 14.5. The molecule has 62 heavy (non-hydrogen) atoms. The molecule has 346 valence electrons. The zero-order valence-electron chi connectivity index (χ0n) is 37.6. The molecule has 0 aromatic carbocycles. The van der Waals surface area contributed by atoms with E-state index in [1.807, 2.05) is 7.05 Å². The van der Waals surface area contributed by atoms with Gasteiger partial charge in [-0.15, -0.1) is 0 Å². The van der Waals surface area contributed by atoms with Gasteiger partial charge in [0.15, 0.2) is 12.4 Å². The van der Waals surface area contributed by atoms with Crippen molar-refractivity contribution in [1.82, 2.24) is 5.32 Å². The topological polar surface area (TPSA) is 212 Å². The Morgan fingerprint density at radius 3 is 2.45 bits per heavy atom. The summed E-state index contributed by atoms with van der Waals surface area (Å²) < 4.78 is 18.4. The number of aliphatic carboxylic acids is 2. The van der Waals surface area contributed by atoms with Crippen LogP contribution in [-0.2, 0) is 28.6 Å². The minimum Gasteiger partial charge on any atom is -0.481 e. The maximum Gasteiger partial charge on any atom is 0.335 e. The number of aliphatic hydroxyl groups is 4. The molecule has 20 atom stereocenters. The first-order valence-corrected chi connectivity index (χ1v) is 23.8. The van der Waals surface area contributed by atoms with Gasteiger partial charge in [-0.25, -0.2) is 4.79 Å². The number of aliphatic hydroxyl groups excluding tert-OH is 4. The van der Waals surface area contributed by atoms with Crippen molar-refractivity contribution in [1.29, 1.82) is 0 Å². The van der Waals surface area contributed by atoms with Crippen LogP contribution in [0.2, 0.25) is 0 Å². The number of fused-ring (bicyclic) bond motifs is 1. The number of allylic oxidation sites excluding steroid dienone is 4. The largest absolute Gasteiger partial charge is 0.481 e. The second-order valence-electron chi connectivity index (χ2n) is 23.0. The Morgan fingerprint density at radius 1 is 1.03 bits per heavy atom. The van der Waals surface area contributed by atoms with E-state index in [2.05, 4.69) is 51.2 Å². The lowest BCUT2D eigenvalue weighted by molar-refractivity contribution is -0.341. The van der Waals surface area contributed by atoms with Gasteiger partial charge in [0.05, 0.1) is 24.7 Å². The highest BCUT2D eigenvalue weighted by Crippen LogP contribution is 2.86. The quantitative estimate of drug-likeness (QED) is 0.0805. The monoisotopic (exact) mass is 868 g/mol. The van der Waals surface area contributed by atoms with Crippen molar-refractivity contribution in [2.24, 2.45) is 79.3 Å². The summed E-state index contributed by atoms with van der Waals surface area (Å²) in [6.07, 6.45) is 9.33. The summed E-state index contributed by atoms with van der Waals surface area (Å²) in [6.45, 7) is 9.55. The van der Waals surface area contributed by atoms with Gasteiger partial charge >= 0.3 is 11.9 Å². The molecule has 7 fully saturated rings. The molecule has 1 aliphatic heterocycles. The fourth-order valence-corrected chi connectivity index (χ4v) is 18.9. The SMILES string of the molecule is CNC(CO)C1CC2C=C3C45C=CCC(C)(CC(COC)C4(C(=O)O)CC4CCCC6(CCC7C(C)(C)C(OC8OC(C(=O)O)C(O)C(O)C8O)CC1C7(C)C26)C34CCC=O)C5. The zero-order chi connectivity index (χ0) is 44.6. The van der Waals surface area contributed by atoms with Crippen LogP contribution in [-0.4, -0.2) is 119 Å². The molecule has 0 radical (unpaired) electrons. The van der Waals surface area contributed by atoms with E-state index >= 15 is 0 Å². The van der Waals surface area contributed by atoms with Crippen LogP contribution < -0.4 is 5.32 Å². The molecule has 2 bridgehead atoms. The molecule has 8 aliphatic carbocycles. The first-order valence-electron chi connectivity index (χ1n) is 23.8. The van der Waals surface area contributed by atoms with Gasteiger partial charge in [0.25, 0.3) is 0 Å². The fourth-order valence-electron chi connectivity index (χ4n) is 18.9. The Labute approximate surface area is 366 Å². The average Bonchev–Trinajstić information content (AvgIpc) is 3.21. The van der Waals surface area contributed by atoms with Gasteiger partial charge in [-0.1, -0.05) is 57.9 Å². The number of ether oxygens (including phenoxy) is 3. The Balaban J connectivity index is 1.24. The van der Waals surface area contributed by atoms with Gasteiger partial charge < -0.3 is 55.0 Å². The van der Waals surface area contributed by atoms with Crippen LogP contribution in [0, 0.1) is 79.3 Å². The number of carbonyl (C=O) groups is 3. The molecule has 13 nitrogen and oxygen atoms in total. The molecule has 20 unspecified atom stereocenters. The lowest BCUT2D eigenvalue weighted by atomic mass is 9.22. The van der Waals surface area contributed by atoms with Crippen LogP contribution in [0.3, 0.4) is 0 Å². The highest BCUT2D eigenvalue weighted by molar-refractivity contribution is 5.80. The van der Waals surface area contributed by atoms with Gasteiger partial charge in [0.1, 0.15) is 24.6 Å². The Hall–Kier alpha value is -2.23. The standard InChI is InChI=1S/C49H73NO12/c1-43(2)32-11-16-46-13-7-10-27-22-49(42(58)59)28(24-60-6)21-44(3)12-8-14-47(49,25-44)33(48(27,46)15-9-17-51)19-26-18-29(31(23-52)50-5)30(45(32,4)39(26)46)20-34(43)61-41-37(55)35(53)36(54)38(62-41)40(56)57/h8,14,17,19,26-32,34-39,41,50,52-55H,7,9-13,15-16,18,20-25H2,1-6H3,(H,56,57)(H,58,59). The first kappa shape index (κ1) is 44.9. The van der Waals surface area contributed by atoms with Gasteiger partial charge in [0, 0.05) is 36.3 Å². The summed E-state index contributed by atoms with van der Waals surface area (Å²) in [6, 6.07) is -0.261. The Bertz CT molecular complexity index is 1870. The van der Waals surface area contributed by atoms with Crippen molar-refractivity contribution in [2.45, 2.75) is 154 Å². The average molecular weight is 868 g/mol. The molecule has 0 aromatic heterocycles. The number of rotatable bonds is 12. The number of carboxylic acid groups (broad SMARTS) is 2. The number of hydrogen-bond acceptors (Lipinski definition) is 11. The smallest absolute Gasteiger partial charge is 0.335 e. The van der Waals surface area contributed by atoms with Crippen LogP contribution >= 0.6 is 0 Å². The lowest BCUT2D eigenvalue weighted by Crippen LogP contribution is -2.77. The van der Waals surface area contributed by atoms with E-state index in [1.165, 1.54) is 5.57 Å². The van der Waals surface area contributed by atoms with Crippen LogP contribution in [0.5, 0.6) is 0 Å². The van der Waals surface area contributed by atoms with Crippen molar-refractivity contribution in [3.63, 3.8) is 0 Å². The van der Waals surface area contributed by atoms with Crippen molar-refractivity contribution >= 4 is 18.2 Å². The van der Waals surface area contributed by atoms with Crippen LogP contribution in [0.4, 0.5) is 0 Å². The fraction of sp³-hybridized carbons (Fsp3) is 0.857. The molecule has 13 heteroatoms. The summed E-state index contributed by atoms with van der Waals surface area (Å²) in [5.41, 5.74) is -2.06. The minimum atomic E-state index is -1.83. The summed E-state index contributed by atoms with van der Waals surface area (Å²) in [5.74, 6) is -1.94. The summed E-state index contributed by atoms with van der Waals surface area (Å²) in [5, 5.41) is 68.9. The van der Waals surface area contributed by atoms with Gasteiger partial charge in [0.2, 0.25) is 0 Å². The van der Waals surface area contributed by atoms with E-state index in [9.17, 15) is 45.0 Å². The number of nitrogens with one attached hydrogen (secondary N) is 1. The van der Waals surface area contributed by atoms with Crippen LogP contribution in [0.15, 0.2) is 23.8 Å². The van der Waals surface area contributed by atoms with Crippen molar-refractivity contribution in [3.8, 4) is 0 Å². The van der Waals surface area contributed by atoms with E-state index < -0.39 is 70.4 Å². The summed E-state index contributed by atoms with van der Waals surface area (Å²) in [7, 11) is 3.59. The Morgan fingerprint density at radius 2 is 1.79 bits per heavy atom. The molecule has 2 spiro atoms. The van der Waals surface area contributed by atoms with E-state index in [4.69, 9.17) is 14.2 Å². The van der Waals surface area contributed by atoms with E-state index in [-0.39, 0.29) is 70.3 Å².